The van der Waals surface area contributed by atoms with Gasteiger partial charge in [-0.25, -0.2) is 22.3 Å². The van der Waals surface area contributed by atoms with E-state index >= 15 is 0 Å². The second-order valence-corrected chi connectivity index (χ2v) is 7.35. The molecule has 1 aromatic carbocycles. The van der Waals surface area contributed by atoms with Gasteiger partial charge in [0.1, 0.15) is 5.75 Å². The quantitative estimate of drug-likeness (QED) is 0.907. The van der Waals surface area contributed by atoms with Crippen LogP contribution in [0, 0.1) is 17.0 Å². The highest BCUT2D eigenvalue weighted by atomic mass is 32.2. The molecule has 0 spiro atoms. The Balaban J connectivity index is 2.10. The van der Waals surface area contributed by atoms with E-state index in [4.69, 9.17) is 9.88 Å². The summed E-state index contributed by atoms with van der Waals surface area (Å²) in [4.78, 5) is 0. The number of rotatable bonds is 5. The van der Waals surface area contributed by atoms with Gasteiger partial charge in [-0.2, -0.15) is 0 Å². The molecule has 0 atom stereocenters. The number of nitrogens with two attached hydrogens (primary N) is 1. The Labute approximate surface area is 123 Å². The van der Waals surface area contributed by atoms with E-state index in [9.17, 15) is 17.2 Å². The third-order valence-corrected chi connectivity index (χ3v) is 4.87. The second-order valence-electron chi connectivity index (χ2n) is 5.73. The molecule has 21 heavy (non-hydrogen) atoms. The lowest BCUT2D eigenvalue weighted by atomic mass is 9.76. The number of sulfonamides is 1. The van der Waals surface area contributed by atoms with Gasteiger partial charge in [0, 0.05) is 11.5 Å². The molecule has 1 fully saturated rings. The van der Waals surface area contributed by atoms with Gasteiger partial charge in [0.15, 0.2) is 11.6 Å². The summed E-state index contributed by atoms with van der Waals surface area (Å²) in [6, 6.07) is 3.27. The fraction of sp³-hybridized carbons (Fsp3) is 0.571. The lowest BCUT2D eigenvalue weighted by Gasteiger charge is -2.36. The van der Waals surface area contributed by atoms with Crippen LogP contribution in [0.25, 0.3) is 0 Å². The number of hydrogen-bond donors (Lipinski definition) is 1. The first kappa shape index (κ1) is 16.2. The van der Waals surface area contributed by atoms with Gasteiger partial charge >= 0.3 is 0 Å². The molecule has 1 aliphatic rings. The molecule has 118 valence electrons. The van der Waals surface area contributed by atoms with Crippen LogP contribution in [0.15, 0.2) is 18.2 Å². The van der Waals surface area contributed by atoms with E-state index in [-0.39, 0.29) is 18.1 Å². The average Bonchev–Trinajstić information content (AvgIpc) is 2.39. The highest BCUT2D eigenvalue weighted by Gasteiger charge is 2.36. The summed E-state index contributed by atoms with van der Waals surface area (Å²) in [6.45, 7) is 0.133. The van der Waals surface area contributed by atoms with Crippen LogP contribution in [0.5, 0.6) is 5.75 Å². The van der Waals surface area contributed by atoms with Gasteiger partial charge in [-0.3, -0.25) is 0 Å². The van der Waals surface area contributed by atoms with Crippen molar-refractivity contribution in [3.63, 3.8) is 0 Å². The van der Waals surface area contributed by atoms with E-state index in [1.54, 1.807) is 0 Å². The fourth-order valence-corrected chi connectivity index (χ4v) is 4.09. The summed E-state index contributed by atoms with van der Waals surface area (Å²) >= 11 is 0. The van der Waals surface area contributed by atoms with Crippen molar-refractivity contribution in [1.29, 1.82) is 0 Å². The van der Waals surface area contributed by atoms with Crippen molar-refractivity contribution in [3.05, 3.63) is 29.8 Å². The SMILES string of the molecule is NS(=O)(=O)CC1(COc2ccc(F)c(F)c2)CCCCC1. The summed E-state index contributed by atoms with van der Waals surface area (Å²) in [5.74, 6) is -1.90. The van der Waals surface area contributed by atoms with E-state index < -0.39 is 27.1 Å². The Bertz CT molecular complexity index is 598. The molecule has 2 N–H and O–H groups in total. The van der Waals surface area contributed by atoms with E-state index in [2.05, 4.69) is 0 Å². The van der Waals surface area contributed by atoms with Crippen molar-refractivity contribution in [2.24, 2.45) is 10.6 Å². The molecule has 0 aliphatic heterocycles. The first-order chi connectivity index (χ1) is 9.80. The van der Waals surface area contributed by atoms with Crippen molar-refractivity contribution < 1.29 is 21.9 Å². The summed E-state index contributed by atoms with van der Waals surface area (Å²) in [5, 5.41) is 5.17. The van der Waals surface area contributed by atoms with Crippen LogP contribution >= 0.6 is 0 Å². The zero-order chi connectivity index (χ0) is 15.5. The van der Waals surface area contributed by atoms with Gasteiger partial charge in [-0.1, -0.05) is 19.3 Å². The number of primary sulfonamides is 1. The van der Waals surface area contributed by atoms with Crippen molar-refractivity contribution >= 4 is 10.0 Å². The standard InChI is InChI=1S/C14H19F2NO3S/c15-12-5-4-11(8-13(12)16)20-9-14(10-21(17,18)19)6-2-1-3-7-14/h4-5,8H,1-3,6-7,9-10H2,(H2,17,18,19). The number of halogens is 2. The van der Waals surface area contributed by atoms with E-state index in [1.165, 1.54) is 6.07 Å². The molecule has 0 heterocycles. The third kappa shape index (κ3) is 4.64. The zero-order valence-electron chi connectivity index (χ0n) is 11.6. The molecule has 0 unspecified atom stereocenters. The first-order valence-electron chi connectivity index (χ1n) is 6.88. The molecule has 4 nitrogen and oxygen atoms in total. The number of ether oxygens (including phenoxy) is 1. The fourth-order valence-electron chi connectivity index (χ4n) is 2.86. The molecule has 1 aliphatic carbocycles. The van der Waals surface area contributed by atoms with Crippen molar-refractivity contribution in [1.82, 2.24) is 0 Å². The summed E-state index contributed by atoms with van der Waals surface area (Å²) < 4.78 is 54.4. The molecular weight excluding hydrogens is 300 g/mol. The molecule has 2 rings (SSSR count). The van der Waals surface area contributed by atoms with Crippen LogP contribution in [0.3, 0.4) is 0 Å². The van der Waals surface area contributed by atoms with Crippen LogP contribution in [0.2, 0.25) is 0 Å². The topological polar surface area (TPSA) is 69.4 Å². The predicted octanol–water partition coefficient (Wildman–Crippen LogP) is 2.58. The molecular formula is C14H19F2NO3S. The molecule has 1 aromatic rings. The van der Waals surface area contributed by atoms with E-state index in [0.29, 0.717) is 12.8 Å². The lowest BCUT2D eigenvalue weighted by molar-refractivity contribution is 0.118. The largest absolute Gasteiger partial charge is 0.493 e. The molecule has 7 heteroatoms. The average molecular weight is 319 g/mol. The van der Waals surface area contributed by atoms with E-state index in [1.807, 2.05) is 0 Å². The summed E-state index contributed by atoms with van der Waals surface area (Å²) in [7, 11) is -3.62. The number of hydrogen-bond acceptors (Lipinski definition) is 3. The van der Waals surface area contributed by atoms with Crippen LogP contribution in [-0.4, -0.2) is 20.8 Å². The highest BCUT2D eigenvalue weighted by molar-refractivity contribution is 7.89. The van der Waals surface area contributed by atoms with Crippen LogP contribution in [0.4, 0.5) is 8.78 Å². The maximum atomic E-state index is 13.1. The molecule has 0 amide bonds. The molecule has 0 bridgehead atoms. The zero-order valence-corrected chi connectivity index (χ0v) is 12.5. The normalized spacial score (nSPS) is 18.4. The molecule has 1 saturated carbocycles. The minimum atomic E-state index is -3.62. The Morgan fingerprint density at radius 3 is 2.38 bits per heavy atom. The summed E-state index contributed by atoms with van der Waals surface area (Å²) in [6.07, 6.45) is 4.28. The maximum Gasteiger partial charge on any atom is 0.209 e. The Kier molecular flexibility index (Phi) is 4.83. The van der Waals surface area contributed by atoms with Crippen LogP contribution < -0.4 is 9.88 Å². The smallest absolute Gasteiger partial charge is 0.209 e. The minimum absolute atomic E-state index is 0.133. The second kappa shape index (κ2) is 6.27. The Hall–Kier alpha value is -1.21. The Morgan fingerprint density at radius 1 is 1.14 bits per heavy atom. The predicted molar refractivity (Wildman–Crippen MR) is 75.3 cm³/mol. The third-order valence-electron chi connectivity index (χ3n) is 3.86. The van der Waals surface area contributed by atoms with Gasteiger partial charge in [0.05, 0.1) is 12.4 Å². The summed E-state index contributed by atoms with van der Waals surface area (Å²) in [5.41, 5.74) is -0.545. The van der Waals surface area contributed by atoms with Gasteiger partial charge in [0.2, 0.25) is 10.0 Å². The van der Waals surface area contributed by atoms with Gasteiger partial charge in [-0.05, 0) is 25.0 Å². The highest BCUT2D eigenvalue weighted by Crippen LogP contribution is 2.37. The maximum absolute atomic E-state index is 13.1. The first-order valence-corrected chi connectivity index (χ1v) is 8.60. The molecule has 0 saturated heterocycles. The van der Waals surface area contributed by atoms with Crippen LogP contribution in [-0.2, 0) is 10.0 Å². The minimum Gasteiger partial charge on any atom is -0.493 e. The van der Waals surface area contributed by atoms with E-state index in [0.717, 1.165) is 31.4 Å². The van der Waals surface area contributed by atoms with Crippen molar-refractivity contribution in [3.8, 4) is 5.75 Å². The van der Waals surface area contributed by atoms with Gasteiger partial charge in [-0.15, -0.1) is 0 Å². The van der Waals surface area contributed by atoms with Gasteiger partial charge < -0.3 is 4.74 Å². The Morgan fingerprint density at radius 2 is 1.81 bits per heavy atom. The van der Waals surface area contributed by atoms with Crippen LogP contribution in [0.1, 0.15) is 32.1 Å². The lowest BCUT2D eigenvalue weighted by Crippen LogP contribution is -2.40. The molecule has 0 radical (unpaired) electrons. The monoisotopic (exact) mass is 319 g/mol. The number of benzene rings is 1. The molecule has 0 aromatic heterocycles. The van der Waals surface area contributed by atoms with Gasteiger partial charge in [0.25, 0.3) is 0 Å². The van der Waals surface area contributed by atoms with Crippen molar-refractivity contribution in [2.75, 3.05) is 12.4 Å². The van der Waals surface area contributed by atoms with Crippen molar-refractivity contribution in [2.45, 2.75) is 32.1 Å².